The smallest absolute Gasteiger partial charge is 0.0651 e. The van der Waals surface area contributed by atoms with Gasteiger partial charge in [0, 0.05) is 17.1 Å². The van der Waals surface area contributed by atoms with Crippen molar-refractivity contribution in [2.45, 2.75) is 0 Å². The molecule has 0 aromatic heterocycles. The van der Waals surface area contributed by atoms with Gasteiger partial charge in [-0.1, -0.05) is 164 Å². The predicted octanol–water partition coefficient (Wildman–Crippen LogP) is 14.1. The third-order valence-corrected chi connectivity index (χ3v) is 9.20. The minimum absolute atomic E-state index is 0.115. The molecule has 0 aliphatic heterocycles. The van der Waals surface area contributed by atoms with Crippen LogP contribution >= 0.6 is 0 Å². The van der Waals surface area contributed by atoms with E-state index >= 15 is 0 Å². The van der Waals surface area contributed by atoms with Gasteiger partial charge in [-0.2, -0.15) is 0 Å². The van der Waals surface area contributed by atoms with E-state index in [1.807, 2.05) is 121 Å². The Bertz CT molecular complexity index is 3060. The largest absolute Gasteiger partial charge is 0.310 e. The minimum Gasteiger partial charge on any atom is -0.310 e. The predicted molar refractivity (Wildman–Crippen MR) is 218 cm³/mol. The van der Waals surface area contributed by atoms with Gasteiger partial charge in [0.05, 0.1) is 11.0 Å². The van der Waals surface area contributed by atoms with Crippen molar-refractivity contribution >= 4 is 38.6 Å². The van der Waals surface area contributed by atoms with E-state index in [0.717, 1.165) is 43.8 Å². The number of benzene rings is 9. The SMILES string of the molecule is [2H]c1c([2H])c(-c2cccc3ccccc23)c([2H])c(N(c2ccc(-c3ccc4ccccc4c3)cc2)c2c([2H])c([2H])c(-c3cccc(-c4ccccc4)c3)c([2H])c2[2H])c1[2H]. The molecule has 9 aromatic carbocycles. The van der Waals surface area contributed by atoms with E-state index < -0.39 is 12.1 Å². The number of anilines is 3. The first-order valence-corrected chi connectivity index (χ1v) is 16.9. The summed E-state index contributed by atoms with van der Waals surface area (Å²) in [6.45, 7) is 0. The van der Waals surface area contributed by atoms with Gasteiger partial charge in [0.1, 0.15) is 0 Å². The highest BCUT2D eigenvalue weighted by molar-refractivity contribution is 5.97. The Balaban J connectivity index is 1.28. The molecule has 0 atom stereocenters. The number of hydrogen-bond acceptors (Lipinski definition) is 1. The van der Waals surface area contributed by atoms with E-state index in [9.17, 15) is 8.22 Å². The Morgan fingerprint density at radius 3 is 1.76 bits per heavy atom. The molecule has 0 saturated heterocycles. The Morgan fingerprint density at radius 2 is 0.941 bits per heavy atom. The highest BCUT2D eigenvalue weighted by atomic mass is 15.1. The molecule has 0 saturated carbocycles. The van der Waals surface area contributed by atoms with Crippen LogP contribution in [0, 0.1) is 0 Å². The van der Waals surface area contributed by atoms with Gasteiger partial charge in [-0.3, -0.25) is 0 Å². The lowest BCUT2D eigenvalue weighted by molar-refractivity contribution is 1.28. The Hall–Kier alpha value is -6.70. The lowest BCUT2D eigenvalue weighted by Gasteiger charge is -2.26. The van der Waals surface area contributed by atoms with Crippen molar-refractivity contribution in [1.29, 1.82) is 0 Å². The van der Waals surface area contributed by atoms with Gasteiger partial charge in [0.2, 0.25) is 0 Å². The molecule has 1 heteroatoms. The summed E-state index contributed by atoms with van der Waals surface area (Å²) in [6, 6.07) is 49.0. The fourth-order valence-electron chi connectivity index (χ4n) is 6.61. The van der Waals surface area contributed by atoms with Crippen molar-refractivity contribution in [2.75, 3.05) is 4.90 Å². The summed E-state index contributed by atoms with van der Waals surface area (Å²) in [7, 11) is 0. The monoisotopic (exact) mass is 657 g/mol. The molecule has 0 N–H and O–H groups in total. The highest BCUT2D eigenvalue weighted by Gasteiger charge is 2.15. The first-order valence-electron chi connectivity index (χ1n) is 20.9. The van der Waals surface area contributed by atoms with Gasteiger partial charge in [0.25, 0.3) is 0 Å². The zero-order valence-electron chi connectivity index (χ0n) is 35.5. The summed E-state index contributed by atoms with van der Waals surface area (Å²) >= 11 is 0. The molecule has 51 heavy (non-hydrogen) atoms. The third-order valence-electron chi connectivity index (χ3n) is 9.20. The zero-order valence-corrected chi connectivity index (χ0v) is 27.5. The highest BCUT2D eigenvalue weighted by Crippen LogP contribution is 2.40. The van der Waals surface area contributed by atoms with E-state index in [0.29, 0.717) is 16.8 Å². The summed E-state index contributed by atoms with van der Waals surface area (Å²) in [5.74, 6) is 0. The average Bonchev–Trinajstić information content (AvgIpc) is 3.27. The van der Waals surface area contributed by atoms with Crippen molar-refractivity contribution < 1.29 is 11.0 Å². The topological polar surface area (TPSA) is 3.24 Å². The Labute approximate surface area is 310 Å². The maximum Gasteiger partial charge on any atom is 0.0651 e. The van der Waals surface area contributed by atoms with Crippen LogP contribution in [0.15, 0.2) is 212 Å². The molecular weight excluding hydrogens is 615 g/mol. The molecule has 240 valence electrons. The van der Waals surface area contributed by atoms with Crippen molar-refractivity contribution in [3.05, 3.63) is 212 Å². The molecule has 0 bridgehead atoms. The van der Waals surface area contributed by atoms with Gasteiger partial charge >= 0.3 is 0 Å². The summed E-state index contributed by atoms with van der Waals surface area (Å²) in [4.78, 5) is 1.39. The van der Waals surface area contributed by atoms with Crippen LogP contribution in [0.4, 0.5) is 17.1 Å². The van der Waals surface area contributed by atoms with Crippen molar-refractivity contribution in [1.82, 2.24) is 0 Å². The first kappa shape index (κ1) is 22.8. The Morgan fingerprint density at radius 1 is 0.333 bits per heavy atom. The fourth-order valence-corrected chi connectivity index (χ4v) is 6.61. The van der Waals surface area contributed by atoms with E-state index in [4.69, 9.17) is 2.74 Å². The van der Waals surface area contributed by atoms with Crippen LogP contribution in [0.2, 0.25) is 0 Å². The second kappa shape index (κ2) is 13.3. The summed E-state index contributed by atoms with van der Waals surface area (Å²) in [5, 5.41) is 3.82. The molecular formula is C50H35N. The van der Waals surface area contributed by atoms with Gasteiger partial charge in [-0.05, 0) is 114 Å². The maximum absolute atomic E-state index is 9.77. The maximum atomic E-state index is 9.77. The second-order valence-corrected chi connectivity index (χ2v) is 12.4. The van der Waals surface area contributed by atoms with Gasteiger partial charge in [0.15, 0.2) is 0 Å². The van der Waals surface area contributed by atoms with Crippen LogP contribution in [0.1, 0.15) is 11.0 Å². The lowest BCUT2D eigenvalue weighted by atomic mass is 9.97. The van der Waals surface area contributed by atoms with Crippen LogP contribution in [-0.2, 0) is 0 Å². The molecule has 0 amide bonds. The molecule has 1 nitrogen and oxygen atoms in total. The van der Waals surface area contributed by atoms with E-state index in [2.05, 4.69) is 18.2 Å². The number of hydrogen-bond donors (Lipinski definition) is 0. The minimum atomic E-state index is -0.445. The standard InChI is InChI=1S/C50H35N/c1-2-11-36(12-3-1)42-17-8-18-43(33-42)38-25-29-46(30-26-38)51(47-31-27-39(28-32-47)44-24-23-37-13-4-5-15-41(37)34-44)48-20-9-19-45(35-48)50-22-10-16-40-14-6-7-21-49(40)50/h1-35H/i9D,19D,20D,25D,26D,29D,30D,35D. The third kappa shape index (κ3) is 6.07. The van der Waals surface area contributed by atoms with Crippen LogP contribution in [0.5, 0.6) is 0 Å². The molecule has 9 aromatic rings. The molecule has 0 aliphatic carbocycles. The van der Waals surface area contributed by atoms with Gasteiger partial charge < -0.3 is 4.90 Å². The molecule has 0 unspecified atom stereocenters. The second-order valence-electron chi connectivity index (χ2n) is 12.4. The quantitative estimate of drug-likeness (QED) is 0.165. The Kier molecular flexibility index (Phi) is 5.96. The summed E-state index contributed by atoms with van der Waals surface area (Å²) in [6.07, 6.45) is 0. The number of fused-ring (bicyclic) bond motifs is 2. The molecule has 0 spiro atoms. The zero-order chi connectivity index (χ0) is 40.9. The average molecular weight is 658 g/mol. The molecule has 0 aliphatic rings. The van der Waals surface area contributed by atoms with Gasteiger partial charge in [-0.15, -0.1) is 0 Å². The van der Waals surface area contributed by atoms with Gasteiger partial charge in [-0.25, -0.2) is 0 Å². The summed E-state index contributed by atoms with van der Waals surface area (Å²) < 4.78 is 75.1. The number of rotatable bonds is 7. The van der Waals surface area contributed by atoms with E-state index in [1.54, 1.807) is 24.3 Å². The summed E-state index contributed by atoms with van der Waals surface area (Å²) in [5.41, 5.74) is 4.97. The van der Waals surface area contributed by atoms with Crippen LogP contribution in [0.25, 0.3) is 66.1 Å². The van der Waals surface area contributed by atoms with E-state index in [-0.39, 0.29) is 58.8 Å². The first-order chi connectivity index (χ1) is 28.6. The molecule has 0 radical (unpaired) electrons. The van der Waals surface area contributed by atoms with E-state index in [1.165, 1.54) is 4.90 Å². The van der Waals surface area contributed by atoms with Crippen LogP contribution in [-0.4, -0.2) is 0 Å². The van der Waals surface area contributed by atoms with Crippen LogP contribution < -0.4 is 4.90 Å². The molecule has 0 fully saturated rings. The lowest BCUT2D eigenvalue weighted by Crippen LogP contribution is -2.10. The molecule has 0 heterocycles. The van der Waals surface area contributed by atoms with Crippen molar-refractivity contribution in [3.8, 4) is 44.5 Å². The molecule has 9 rings (SSSR count). The normalized spacial score (nSPS) is 13.3. The van der Waals surface area contributed by atoms with Crippen molar-refractivity contribution in [2.24, 2.45) is 0 Å². The number of nitrogens with zero attached hydrogens (tertiary/aromatic N) is 1. The van der Waals surface area contributed by atoms with Crippen molar-refractivity contribution in [3.63, 3.8) is 0 Å². The fraction of sp³-hybridized carbons (Fsp3) is 0. The van der Waals surface area contributed by atoms with Crippen LogP contribution in [0.3, 0.4) is 0 Å².